The van der Waals surface area contributed by atoms with E-state index in [1.54, 1.807) is 7.48 Å². The van der Waals surface area contributed by atoms with Gasteiger partial charge in [0.25, 0.3) is 5.95 Å². The number of carboxylic acids is 1. The third-order valence-electron chi connectivity index (χ3n) is 2.09. The van der Waals surface area contributed by atoms with Gasteiger partial charge in [0.15, 0.2) is 5.80 Å². The second-order valence-electron chi connectivity index (χ2n) is 3.25. The summed E-state index contributed by atoms with van der Waals surface area (Å²) in [7, 11) is 1.63. The largest absolute Gasteiger partial charge is 1.00 e. The monoisotopic (exact) mass is 238 g/mol. The SMILES string of the molecule is O=C([O-])c1ccnc(/N=C2/OB2C2[B]O2)n1.[Na+]. The molecule has 0 amide bonds. The van der Waals surface area contributed by atoms with Gasteiger partial charge in [-0.05, 0) is 6.07 Å². The average Bonchev–Trinajstić information content (AvgIpc) is 3.11. The summed E-state index contributed by atoms with van der Waals surface area (Å²) in [6.07, 6.45) is 1.30. The van der Waals surface area contributed by atoms with Crippen molar-refractivity contribution in [3.05, 3.63) is 18.0 Å². The molecule has 1 aromatic heterocycles. The van der Waals surface area contributed by atoms with Gasteiger partial charge in [-0.15, -0.1) is 0 Å². The van der Waals surface area contributed by atoms with E-state index < -0.39 is 5.97 Å². The van der Waals surface area contributed by atoms with Crippen LogP contribution < -0.4 is 34.7 Å². The van der Waals surface area contributed by atoms with Gasteiger partial charge in [-0.3, -0.25) is 0 Å². The maximum atomic E-state index is 10.5. The van der Waals surface area contributed by atoms with E-state index in [1.165, 1.54) is 12.3 Å². The Balaban J connectivity index is 0.00000108. The first-order valence-electron chi connectivity index (χ1n) is 4.52. The first-order valence-corrected chi connectivity index (χ1v) is 4.52. The Labute approximate surface area is 119 Å². The summed E-state index contributed by atoms with van der Waals surface area (Å²) >= 11 is 0. The third-order valence-corrected chi connectivity index (χ3v) is 2.09. The number of aromatic carboxylic acids is 1. The molecule has 0 saturated carbocycles. The van der Waals surface area contributed by atoms with E-state index in [4.69, 9.17) is 9.31 Å². The molecule has 1 aromatic rings. The predicted molar refractivity (Wildman–Crippen MR) is 50.9 cm³/mol. The number of aromatic nitrogens is 2. The molecule has 3 heterocycles. The van der Waals surface area contributed by atoms with Gasteiger partial charge in [0, 0.05) is 6.20 Å². The second-order valence-corrected chi connectivity index (χ2v) is 3.25. The van der Waals surface area contributed by atoms with Crippen molar-refractivity contribution in [3.8, 4) is 0 Å². The van der Waals surface area contributed by atoms with E-state index in [1.807, 2.05) is 0 Å². The number of hydrogen-bond donors (Lipinski definition) is 0. The number of aliphatic imine (C=N–C) groups is 1. The molecule has 2 aliphatic rings. The fourth-order valence-corrected chi connectivity index (χ4v) is 1.20. The van der Waals surface area contributed by atoms with E-state index >= 15 is 0 Å². The summed E-state index contributed by atoms with van der Waals surface area (Å²) in [5.74, 6) is -0.909. The number of carbonyl (C=O) groups is 1. The third kappa shape index (κ3) is 2.86. The van der Waals surface area contributed by atoms with Crippen LogP contribution in [0.4, 0.5) is 5.95 Å². The molecule has 1 unspecified atom stereocenters. The molecule has 2 aliphatic heterocycles. The molecule has 0 N–H and O–H groups in total. The van der Waals surface area contributed by atoms with Crippen LogP contribution in [-0.2, 0) is 9.31 Å². The molecule has 2 saturated heterocycles. The van der Waals surface area contributed by atoms with Crippen LogP contribution in [0.15, 0.2) is 17.3 Å². The Morgan fingerprint density at radius 1 is 1.65 bits per heavy atom. The van der Waals surface area contributed by atoms with Gasteiger partial charge in [0.05, 0.1) is 17.6 Å². The van der Waals surface area contributed by atoms with Crippen molar-refractivity contribution in [1.82, 2.24) is 9.97 Å². The van der Waals surface area contributed by atoms with Crippen LogP contribution in [0.1, 0.15) is 10.5 Å². The fraction of sp³-hybridized carbons (Fsp3) is 0.143. The summed E-state index contributed by atoms with van der Waals surface area (Å²) in [6.45, 7) is -0.171. The zero-order valence-corrected chi connectivity index (χ0v) is 10.9. The molecule has 3 rings (SSSR count). The Bertz CT molecular complexity index is 496. The van der Waals surface area contributed by atoms with Crippen molar-refractivity contribution < 1.29 is 48.8 Å². The van der Waals surface area contributed by atoms with Crippen LogP contribution >= 0.6 is 0 Å². The zero-order chi connectivity index (χ0) is 11.1. The van der Waals surface area contributed by atoms with E-state index in [0.29, 0.717) is 5.80 Å². The van der Waals surface area contributed by atoms with Crippen molar-refractivity contribution in [2.24, 2.45) is 4.99 Å². The van der Waals surface area contributed by atoms with Crippen molar-refractivity contribution in [1.29, 1.82) is 0 Å². The molecular formula is C7H3B2N3NaO4. The van der Waals surface area contributed by atoms with Crippen LogP contribution in [-0.4, -0.2) is 42.0 Å². The van der Waals surface area contributed by atoms with E-state index in [-0.39, 0.29) is 54.0 Å². The molecule has 0 spiro atoms. The number of carbonyl (C=O) groups excluding carboxylic acids is 1. The van der Waals surface area contributed by atoms with Gasteiger partial charge >= 0.3 is 44.0 Å². The Morgan fingerprint density at radius 2 is 2.41 bits per heavy atom. The Morgan fingerprint density at radius 3 is 3.06 bits per heavy atom. The molecule has 77 valence electrons. The van der Waals surface area contributed by atoms with E-state index in [0.717, 1.165) is 0 Å². The first-order chi connectivity index (χ1) is 7.74. The van der Waals surface area contributed by atoms with Crippen LogP contribution in [0.25, 0.3) is 0 Å². The molecule has 0 bridgehead atoms. The molecule has 0 aromatic carbocycles. The molecule has 1 radical (unpaired) electrons. The Kier molecular flexibility index (Phi) is 3.53. The summed E-state index contributed by atoms with van der Waals surface area (Å²) in [6, 6.07) is 1.24. The van der Waals surface area contributed by atoms with Crippen LogP contribution in [0, 0.1) is 0 Å². The average molecular weight is 238 g/mol. The molecule has 7 nitrogen and oxygen atoms in total. The zero-order valence-electron chi connectivity index (χ0n) is 8.86. The first kappa shape index (κ1) is 12.6. The van der Waals surface area contributed by atoms with Crippen LogP contribution in [0.5, 0.6) is 0 Å². The standard InChI is InChI=1S/C7H4B2N3O4.Na/c13-4(14)3-1-2-10-7(11-3)12-6-9(16-6)5-8-15-5;/h1-2,5H,(H,13,14);/q;+1/p-1/b12-6+;. The number of hydrogen-bond acceptors (Lipinski definition) is 7. The minimum atomic E-state index is -1.36. The number of carboxylic acid groups (broad SMARTS) is 1. The van der Waals surface area contributed by atoms with Gasteiger partial charge in [-0.25, -0.2) is 9.97 Å². The summed E-state index contributed by atoms with van der Waals surface area (Å²) in [5.41, 5.74) is -0.208. The number of nitrogens with zero attached hydrogens (tertiary/aromatic N) is 3. The van der Waals surface area contributed by atoms with Crippen LogP contribution in [0.2, 0.25) is 0 Å². The van der Waals surface area contributed by atoms with Crippen molar-refractivity contribution >= 4 is 32.1 Å². The fourth-order valence-electron chi connectivity index (χ4n) is 1.20. The minimum absolute atomic E-state index is 0. The van der Waals surface area contributed by atoms with Crippen LogP contribution in [0.3, 0.4) is 0 Å². The molecule has 1 atom stereocenters. The molecule has 2 fully saturated rings. The maximum Gasteiger partial charge on any atom is 1.00 e. The molecular weight excluding hydrogens is 235 g/mol. The van der Waals surface area contributed by atoms with Gasteiger partial charge in [0.1, 0.15) is 0 Å². The topological polar surface area (TPSA) is 103 Å². The van der Waals surface area contributed by atoms with Gasteiger partial charge in [0.2, 0.25) is 0 Å². The van der Waals surface area contributed by atoms with Gasteiger partial charge < -0.3 is 19.2 Å². The summed E-state index contributed by atoms with van der Waals surface area (Å²) in [5, 5.41) is 10.5. The second kappa shape index (κ2) is 4.77. The molecule has 0 aliphatic carbocycles. The van der Waals surface area contributed by atoms with Gasteiger partial charge in [-0.1, -0.05) is 0 Å². The molecule has 17 heavy (non-hydrogen) atoms. The normalized spacial score (nSPS) is 22.2. The van der Waals surface area contributed by atoms with Gasteiger partial charge in [-0.2, -0.15) is 4.99 Å². The van der Waals surface area contributed by atoms with E-state index in [9.17, 15) is 9.90 Å². The summed E-state index contributed by atoms with van der Waals surface area (Å²) < 4.78 is 9.98. The quantitative estimate of drug-likeness (QED) is 0.385. The van der Waals surface area contributed by atoms with E-state index in [2.05, 4.69) is 15.0 Å². The summed E-state index contributed by atoms with van der Waals surface area (Å²) in [4.78, 5) is 21.9. The Hall–Kier alpha value is -0.890. The molecule has 10 heteroatoms. The minimum Gasteiger partial charge on any atom is -0.544 e. The number of rotatable bonds is 3. The smallest absolute Gasteiger partial charge is 0.544 e. The predicted octanol–water partition coefficient (Wildman–Crippen LogP) is -5.05. The maximum absolute atomic E-state index is 10.5. The van der Waals surface area contributed by atoms with Crippen molar-refractivity contribution in [2.75, 3.05) is 0 Å². The van der Waals surface area contributed by atoms with Crippen molar-refractivity contribution in [3.63, 3.8) is 0 Å². The van der Waals surface area contributed by atoms with Crippen molar-refractivity contribution in [2.45, 2.75) is 5.90 Å².